The zero-order valence-electron chi connectivity index (χ0n) is 14.1. The van der Waals surface area contributed by atoms with Gasteiger partial charge >= 0.3 is 0 Å². The Kier molecular flexibility index (Phi) is 5.07. The first-order valence-corrected chi connectivity index (χ1v) is 8.75. The Bertz CT molecular complexity index is 763. The highest BCUT2D eigenvalue weighted by atomic mass is 35.5. The third kappa shape index (κ3) is 3.40. The minimum absolute atomic E-state index is 0.102. The minimum atomic E-state index is -0.390. The van der Waals surface area contributed by atoms with Crippen LogP contribution in [0.4, 0.5) is 4.39 Å². The average molecular weight is 349 g/mol. The smallest absolute Gasteiger partial charge is 0.178 e. The first-order chi connectivity index (χ1) is 11.5. The van der Waals surface area contributed by atoms with Crippen molar-refractivity contribution in [3.63, 3.8) is 0 Å². The van der Waals surface area contributed by atoms with E-state index in [1.807, 2.05) is 19.9 Å². The van der Waals surface area contributed by atoms with Crippen molar-refractivity contribution in [2.45, 2.75) is 33.1 Å². The number of aryl methyl sites for hydroxylation is 1. The van der Waals surface area contributed by atoms with Gasteiger partial charge in [0.2, 0.25) is 0 Å². The lowest BCUT2D eigenvalue weighted by atomic mass is 10.1. The van der Waals surface area contributed by atoms with Crippen LogP contribution in [0.2, 0.25) is 5.02 Å². The fourth-order valence-corrected chi connectivity index (χ4v) is 3.64. The molecule has 1 aromatic heterocycles. The Morgan fingerprint density at radius 3 is 2.54 bits per heavy atom. The normalized spacial score (nSPS) is 15.7. The third-order valence-electron chi connectivity index (χ3n) is 4.70. The van der Waals surface area contributed by atoms with E-state index in [1.165, 1.54) is 12.5 Å². The second-order valence-electron chi connectivity index (χ2n) is 6.48. The van der Waals surface area contributed by atoms with Crippen molar-refractivity contribution in [1.82, 2.24) is 9.47 Å². The number of hydrogen-bond donors (Lipinski definition) is 0. The van der Waals surface area contributed by atoms with Gasteiger partial charge in [0.15, 0.2) is 5.78 Å². The van der Waals surface area contributed by atoms with E-state index in [2.05, 4.69) is 4.90 Å². The first kappa shape index (κ1) is 17.2. The minimum Gasteiger partial charge on any atom is -0.315 e. The molecule has 0 amide bonds. The Labute approximate surface area is 147 Å². The summed E-state index contributed by atoms with van der Waals surface area (Å²) in [5, 5.41) is 0.361. The lowest BCUT2D eigenvalue weighted by Crippen LogP contribution is -2.34. The number of aromatic nitrogens is 1. The van der Waals surface area contributed by atoms with Crippen molar-refractivity contribution < 1.29 is 9.18 Å². The molecule has 0 atom stereocenters. The number of piperidine rings is 1. The molecule has 0 saturated carbocycles. The van der Waals surface area contributed by atoms with E-state index in [4.69, 9.17) is 11.6 Å². The van der Waals surface area contributed by atoms with Crippen LogP contribution in [0.15, 0.2) is 24.3 Å². The van der Waals surface area contributed by atoms with Gasteiger partial charge in [0.25, 0.3) is 0 Å². The van der Waals surface area contributed by atoms with Gasteiger partial charge in [-0.1, -0.05) is 18.0 Å². The maximum atomic E-state index is 14.3. The molecule has 0 radical (unpaired) electrons. The highest BCUT2D eigenvalue weighted by Crippen LogP contribution is 2.25. The summed E-state index contributed by atoms with van der Waals surface area (Å²) in [6.07, 6.45) is 3.56. The summed E-state index contributed by atoms with van der Waals surface area (Å²) in [6, 6.07) is 6.46. The number of likely N-dealkylation sites (tertiary alicyclic amines) is 1. The third-order valence-corrected chi connectivity index (χ3v) is 4.93. The van der Waals surface area contributed by atoms with Gasteiger partial charge < -0.3 is 4.57 Å². The van der Waals surface area contributed by atoms with E-state index in [-0.39, 0.29) is 11.6 Å². The Balaban J connectivity index is 1.89. The quantitative estimate of drug-likeness (QED) is 0.757. The molecule has 5 heteroatoms. The maximum absolute atomic E-state index is 14.3. The Hall–Kier alpha value is -1.65. The molecular weight excluding hydrogens is 327 g/mol. The van der Waals surface area contributed by atoms with Crippen LogP contribution in [0, 0.1) is 19.7 Å². The van der Waals surface area contributed by atoms with Crippen LogP contribution < -0.4 is 0 Å². The predicted octanol–water partition coefficient (Wildman–Crippen LogP) is 4.56. The zero-order chi connectivity index (χ0) is 17.3. The van der Waals surface area contributed by atoms with E-state index < -0.39 is 0 Å². The molecule has 1 saturated heterocycles. The van der Waals surface area contributed by atoms with Gasteiger partial charge in [-0.3, -0.25) is 9.69 Å². The van der Waals surface area contributed by atoms with Crippen molar-refractivity contribution in [1.29, 1.82) is 0 Å². The van der Waals surface area contributed by atoms with Gasteiger partial charge in [-0.15, -0.1) is 0 Å². The summed E-state index contributed by atoms with van der Waals surface area (Å²) in [6.45, 7) is 6.16. The fraction of sp³-hybridized carbons (Fsp3) is 0.421. The van der Waals surface area contributed by atoms with Crippen molar-refractivity contribution in [3.05, 3.63) is 52.1 Å². The van der Waals surface area contributed by atoms with Gasteiger partial charge in [-0.2, -0.15) is 0 Å². The number of halogens is 2. The average Bonchev–Trinajstić information content (AvgIpc) is 2.84. The fourth-order valence-electron chi connectivity index (χ4n) is 3.48. The summed E-state index contributed by atoms with van der Waals surface area (Å²) in [7, 11) is 0. The maximum Gasteiger partial charge on any atom is 0.178 e. The van der Waals surface area contributed by atoms with E-state index in [1.54, 1.807) is 16.7 Å². The topological polar surface area (TPSA) is 25.2 Å². The molecule has 0 unspecified atom stereocenters. The molecule has 0 N–H and O–H groups in total. The lowest BCUT2D eigenvalue weighted by Gasteiger charge is -2.25. The van der Waals surface area contributed by atoms with Gasteiger partial charge in [-0.05, 0) is 64.0 Å². The SMILES string of the molecule is Cc1cc(C(=O)CN2CCCCC2)c(C)n1-c1ccc(Cl)cc1F. The van der Waals surface area contributed by atoms with Gasteiger partial charge in [0.05, 0.1) is 12.2 Å². The van der Waals surface area contributed by atoms with Crippen molar-refractivity contribution in [3.8, 4) is 5.69 Å². The highest BCUT2D eigenvalue weighted by molar-refractivity contribution is 6.30. The summed E-state index contributed by atoms with van der Waals surface area (Å²) < 4.78 is 16.1. The number of benzene rings is 1. The number of ketones is 1. The largest absolute Gasteiger partial charge is 0.315 e. The number of rotatable bonds is 4. The molecule has 0 aliphatic carbocycles. The molecule has 0 spiro atoms. The predicted molar refractivity (Wildman–Crippen MR) is 94.8 cm³/mol. The van der Waals surface area contributed by atoms with E-state index >= 15 is 0 Å². The lowest BCUT2D eigenvalue weighted by molar-refractivity contribution is 0.0915. The molecule has 3 nitrogen and oxygen atoms in total. The number of carbonyl (C=O) groups is 1. The first-order valence-electron chi connectivity index (χ1n) is 8.37. The van der Waals surface area contributed by atoms with E-state index in [0.29, 0.717) is 22.8 Å². The molecule has 2 heterocycles. The summed E-state index contributed by atoms with van der Waals surface area (Å²) in [5.74, 6) is -0.287. The van der Waals surface area contributed by atoms with E-state index in [0.717, 1.165) is 37.3 Å². The summed E-state index contributed by atoms with van der Waals surface area (Å²) in [5.41, 5.74) is 2.71. The van der Waals surface area contributed by atoms with Gasteiger partial charge in [0.1, 0.15) is 5.82 Å². The van der Waals surface area contributed by atoms with Crippen LogP contribution in [0.1, 0.15) is 41.0 Å². The highest BCUT2D eigenvalue weighted by Gasteiger charge is 2.21. The monoisotopic (exact) mass is 348 g/mol. The van der Waals surface area contributed by atoms with Crippen molar-refractivity contribution in [2.24, 2.45) is 0 Å². The number of Topliss-reactive ketones (excluding diaryl/α,β-unsaturated/α-hetero) is 1. The van der Waals surface area contributed by atoms with Gasteiger partial charge in [-0.25, -0.2) is 4.39 Å². The molecule has 1 aromatic carbocycles. The van der Waals surface area contributed by atoms with E-state index in [9.17, 15) is 9.18 Å². The molecular formula is C19H22ClFN2O. The van der Waals surface area contributed by atoms with Crippen LogP contribution in [-0.2, 0) is 0 Å². The van der Waals surface area contributed by atoms with Crippen LogP contribution in [0.5, 0.6) is 0 Å². The summed E-state index contributed by atoms with van der Waals surface area (Å²) >= 11 is 5.84. The number of hydrogen-bond acceptors (Lipinski definition) is 2. The van der Waals surface area contributed by atoms with Crippen molar-refractivity contribution in [2.75, 3.05) is 19.6 Å². The van der Waals surface area contributed by atoms with Crippen molar-refractivity contribution >= 4 is 17.4 Å². The molecule has 1 aliphatic rings. The molecule has 3 rings (SSSR count). The second kappa shape index (κ2) is 7.08. The van der Waals surface area contributed by atoms with Crippen LogP contribution in [-0.4, -0.2) is 34.9 Å². The number of nitrogens with zero attached hydrogens (tertiary/aromatic N) is 2. The molecule has 24 heavy (non-hydrogen) atoms. The van der Waals surface area contributed by atoms with Gasteiger partial charge in [0, 0.05) is 22.0 Å². The molecule has 2 aromatic rings. The Morgan fingerprint density at radius 1 is 1.17 bits per heavy atom. The van der Waals surface area contributed by atoms with Crippen LogP contribution >= 0.6 is 11.6 Å². The summed E-state index contributed by atoms with van der Waals surface area (Å²) in [4.78, 5) is 14.9. The molecule has 0 bridgehead atoms. The molecule has 1 fully saturated rings. The van der Waals surface area contributed by atoms with Crippen LogP contribution in [0.25, 0.3) is 5.69 Å². The standard InChI is InChI=1S/C19H22ClFN2O/c1-13-10-16(19(24)12-22-8-4-3-5-9-22)14(2)23(13)18-7-6-15(20)11-17(18)21/h6-7,10-11H,3-5,8-9,12H2,1-2H3. The zero-order valence-corrected chi connectivity index (χ0v) is 14.9. The molecule has 1 aliphatic heterocycles. The van der Waals surface area contributed by atoms with Crippen LogP contribution in [0.3, 0.4) is 0 Å². The number of carbonyl (C=O) groups excluding carboxylic acids is 1. The second-order valence-corrected chi connectivity index (χ2v) is 6.91. The molecule has 128 valence electrons. The Morgan fingerprint density at radius 2 is 1.88 bits per heavy atom.